The molecule has 2 aromatic heterocycles. The highest BCUT2D eigenvalue weighted by molar-refractivity contribution is 7.89. The SMILES string of the molecule is O=S(=O)(NCc1nc(-c2cccs2)n[nH]1)c1ccccc1. The van der Waals surface area contributed by atoms with Gasteiger partial charge in [-0.1, -0.05) is 24.3 Å². The van der Waals surface area contributed by atoms with Crippen LogP contribution in [0.5, 0.6) is 0 Å². The van der Waals surface area contributed by atoms with E-state index >= 15 is 0 Å². The highest BCUT2D eigenvalue weighted by atomic mass is 32.2. The molecule has 0 unspecified atom stereocenters. The largest absolute Gasteiger partial charge is 0.262 e. The Labute approximate surface area is 125 Å². The molecule has 8 heteroatoms. The first kappa shape index (κ1) is 13.9. The molecule has 0 saturated carbocycles. The fourth-order valence-corrected chi connectivity index (χ4v) is 3.40. The Hall–Kier alpha value is -2.03. The van der Waals surface area contributed by atoms with Crippen LogP contribution in [-0.2, 0) is 16.6 Å². The Morgan fingerprint density at radius 3 is 2.67 bits per heavy atom. The number of thiophene rings is 1. The van der Waals surface area contributed by atoms with Crippen LogP contribution in [0.3, 0.4) is 0 Å². The van der Waals surface area contributed by atoms with Crippen molar-refractivity contribution in [2.45, 2.75) is 11.4 Å². The average Bonchev–Trinajstić information content (AvgIpc) is 3.17. The van der Waals surface area contributed by atoms with Gasteiger partial charge in [-0.15, -0.1) is 11.3 Å². The van der Waals surface area contributed by atoms with Crippen molar-refractivity contribution in [1.82, 2.24) is 19.9 Å². The fourth-order valence-electron chi connectivity index (χ4n) is 1.74. The number of H-pyrrole nitrogens is 1. The molecule has 1 aromatic carbocycles. The van der Waals surface area contributed by atoms with Crippen molar-refractivity contribution < 1.29 is 8.42 Å². The van der Waals surface area contributed by atoms with E-state index in [1.54, 1.807) is 30.3 Å². The average molecular weight is 320 g/mol. The van der Waals surface area contributed by atoms with Crippen molar-refractivity contribution >= 4 is 21.4 Å². The zero-order valence-corrected chi connectivity index (χ0v) is 12.5. The quantitative estimate of drug-likeness (QED) is 0.753. The van der Waals surface area contributed by atoms with Gasteiger partial charge in [0.2, 0.25) is 10.0 Å². The lowest BCUT2D eigenvalue weighted by atomic mass is 10.4. The van der Waals surface area contributed by atoms with E-state index in [1.807, 2.05) is 17.5 Å². The summed E-state index contributed by atoms with van der Waals surface area (Å²) in [6.07, 6.45) is 0. The van der Waals surface area contributed by atoms with Crippen LogP contribution in [0, 0.1) is 0 Å². The summed E-state index contributed by atoms with van der Waals surface area (Å²) in [6, 6.07) is 12.0. The highest BCUT2D eigenvalue weighted by Crippen LogP contribution is 2.20. The maximum absolute atomic E-state index is 12.1. The molecule has 0 amide bonds. The zero-order valence-electron chi connectivity index (χ0n) is 10.9. The first-order valence-electron chi connectivity index (χ1n) is 6.15. The van der Waals surface area contributed by atoms with Crippen molar-refractivity contribution in [3.05, 3.63) is 53.7 Å². The number of benzene rings is 1. The van der Waals surface area contributed by atoms with Gasteiger partial charge in [-0.3, -0.25) is 5.10 Å². The molecule has 0 aliphatic heterocycles. The number of nitrogens with zero attached hydrogens (tertiary/aromatic N) is 2. The van der Waals surface area contributed by atoms with Crippen LogP contribution in [0.4, 0.5) is 0 Å². The molecule has 108 valence electrons. The number of aromatic nitrogens is 3. The Bertz CT molecular complexity index is 811. The van der Waals surface area contributed by atoms with Crippen LogP contribution in [0.15, 0.2) is 52.7 Å². The smallest absolute Gasteiger partial charge is 0.240 e. The van der Waals surface area contributed by atoms with E-state index in [4.69, 9.17) is 0 Å². The first-order valence-corrected chi connectivity index (χ1v) is 8.51. The summed E-state index contributed by atoms with van der Waals surface area (Å²) >= 11 is 1.53. The minimum absolute atomic E-state index is 0.0651. The van der Waals surface area contributed by atoms with E-state index in [0.717, 1.165) is 4.88 Å². The van der Waals surface area contributed by atoms with E-state index in [9.17, 15) is 8.42 Å². The molecular weight excluding hydrogens is 308 g/mol. The van der Waals surface area contributed by atoms with E-state index in [-0.39, 0.29) is 11.4 Å². The van der Waals surface area contributed by atoms with Crippen molar-refractivity contribution in [2.24, 2.45) is 0 Å². The lowest BCUT2D eigenvalue weighted by Gasteiger charge is -2.04. The van der Waals surface area contributed by atoms with Gasteiger partial charge in [0.05, 0.1) is 16.3 Å². The highest BCUT2D eigenvalue weighted by Gasteiger charge is 2.14. The van der Waals surface area contributed by atoms with Gasteiger partial charge in [-0.05, 0) is 23.6 Å². The third-order valence-electron chi connectivity index (χ3n) is 2.76. The summed E-state index contributed by atoms with van der Waals surface area (Å²) in [5, 5.41) is 8.74. The minimum atomic E-state index is -3.54. The third kappa shape index (κ3) is 3.18. The fraction of sp³-hybridized carbons (Fsp3) is 0.0769. The van der Waals surface area contributed by atoms with Crippen molar-refractivity contribution in [3.8, 4) is 10.7 Å². The Morgan fingerprint density at radius 2 is 1.95 bits per heavy atom. The Kier molecular flexibility index (Phi) is 3.82. The summed E-state index contributed by atoms with van der Waals surface area (Å²) in [4.78, 5) is 5.42. The standard InChI is InChI=1S/C13H12N4O2S2/c18-21(19,10-5-2-1-3-6-10)14-9-12-15-13(17-16-12)11-7-4-8-20-11/h1-8,14H,9H2,(H,15,16,17). The van der Waals surface area contributed by atoms with Crippen LogP contribution in [0.25, 0.3) is 10.7 Å². The van der Waals surface area contributed by atoms with Crippen LogP contribution in [-0.4, -0.2) is 23.6 Å². The number of rotatable bonds is 5. The molecule has 0 spiro atoms. The first-order chi connectivity index (χ1) is 10.1. The molecule has 6 nitrogen and oxygen atoms in total. The molecule has 0 saturated heterocycles. The zero-order chi connectivity index (χ0) is 14.7. The molecule has 0 radical (unpaired) electrons. The van der Waals surface area contributed by atoms with E-state index in [1.165, 1.54) is 11.3 Å². The monoisotopic (exact) mass is 320 g/mol. The molecule has 3 aromatic rings. The predicted molar refractivity (Wildman–Crippen MR) is 80.2 cm³/mol. The van der Waals surface area contributed by atoms with Gasteiger partial charge < -0.3 is 0 Å². The number of nitrogens with one attached hydrogen (secondary N) is 2. The second kappa shape index (κ2) is 5.76. The molecule has 3 rings (SSSR count). The number of hydrogen-bond donors (Lipinski definition) is 2. The summed E-state index contributed by atoms with van der Waals surface area (Å²) in [6.45, 7) is 0.0651. The number of aromatic amines is 1. The molecule has 0 fully saturated rings. The van der Waals surface area contributed by atoms with Gasteiger partial charge in [-0.2, -0.15) is 5.10 Å². The lowest BCUT2D eigenvalue weighted by molar-refractivity contribution is 0.579. The van der Waals surface area contributed by atoms with Gasteiger partial charge in [0.15, 0.2) is 5.82 Å². The molecule has 0 atom stereocenters. The van der Waals surface area contributed by atoms with Crippen molar-refractivity contribution in [1.29, 1.82) is 0 Å². The van der Waals surface area contributed by atoms with E-state index < -0.39 is 10.0 Å². The van der Waals surface area contributed by atoms with E-state index in [2.05, 4.69) is 19.9 Å². The van der Waals surface area contributed by atoms with Crippen LogP contribution >= 0.6 is 11.3 Å². The summed E-state index contributed by atoms with van der Waals surface area (Å²) < 4.78 is 26.6. The summed E-state index contributed by atoms with van der Waals surface area (Å²) in [5.41, 5.74) is 0. The lowest BCUT2D eigenvalue weighted by Crippen LogP contribution is -2.23. The van der Waals surface area contributed by atoms with Crippen molar-refractivity contribution in [2.75, 3.05) is 0 Å². The predicted octanol–water partition coefficient (Wildman–Crippen LogP) is 2.01. The van der Waals surface area contributed by atoms with Crippen LogP contribution in [0.1, 0.15) is 5.82 Å². The van der Waals surface area contributed by atoms with Gasteiger partial charge in [0.1, 0.15) is 5.82 Å². The van der Waals surface area contributed by atoms with Crippen LogP contribution < -0.4 is 4.72 Å². The minimum Gasteiger partial charge on any atom is -0.262 e. The van der Waals surface area contributed by atoms with Gasteiger partial charge in [-0.25, -0.2) is 18.1 Å². The maximum Gasteiger partial charge on any atom is 0.240 e. The van der Waals surface area contributed by atoms with E-state index in [0.29, 0.717) is 11.6 Å². The Morgan fingerprint density at radius 1 is 1.14 bits per heavy atom. The van der Waals surface area contributed by atoms with Gasteiger partial charge >= 0.3 is 0 Å². The molecule has 2 N–H and O–H groups in total. The third-order valence-corrected chi connectivity index (χ3v) is 5.04. The Balaban J connectivity index is 1.71. The summed E-state index contributed by atoms with van der Waals surface area (Å²) in [5.74, 6) is 1.04. The molecule has 0 aliphatic rings. The second-order valence-electron chi connectivity index (χ2n) is 4.22. The molecular formula is C13H12N4O2S2. The normalized spacial score (nSPS) is 11.6. The number of sulfonamides is 1. The maximum atomic E-state index is 12.1. The molecule has 0 bridgehead atoms. The van der Waals surface area contributed by atoms with Gasteiger partial charge in [0.25, 0.3) is 0 Å². The van der Waals surface area contributed by atoms with Crippen LogP contribution in [0.2, 0.25) is 0 Å². The molecule has 0 aliphatic carbocycles. The van der Waals surface area contributed by atoms with Crippen molar-refractivity contribution in [3.63, 3.8) is 0 Å². The topological polar surface area (TPSA) is 87.7 Å². The van der Waals surface area contributed by atoms with Gasteiger partial charge in [0, 0.05) is 0 Å². The molecule has 2 heterocycles. The number of hydrogen-bond acceptors (Lipinski definition) is 5. The second-order valence-corrected chi connectivity index (χ2v) is 6.94. The summed E-state index contributed by atoms with van der Waals surface area (Å²) in [7, 11) is -3.54. The molecule has 21 heavy (non-hydrogen) atoms.